The minimum absolute atomic E-state index is 0.222. The number of thiazole rings is 1. The molecule has 0 spiro atoms. The van der Waals surface area contributed by atoms with Gasteiger partial charge in [0.25, 0.3) is 5.91 Å². The van der Waals surface area contributed by atoms with E-state index in [1.165, 1.54) is 18.3 Å². The van der Waals surface area contributed by atoms with Crippen LogP contribution in [-0.2, 0) is 9.53 Å². The number of anilines is 1. The molecule has 6 aromatic rings. The Morgan fingerprint density at radius 2 is 1.56 bits per heavy atom. The average Bonchev–Trinajstić information content (AvgIpc) is 3.73. The Hall–Kier alpha value is -5.03. The second-order valence-electron chi connectivity index (χ2n) is 8.47. The predicted molar refractivity (Wildman–Crippen MR) is 145 cm³/mol. The fourth-order valence-corrected chi connectivity index (χ4v) is 4.82. The lowest BCUT2D eigenvalue weighted by Crippen LogP contribution is -2.29. The molecule has 0 saturated heterocycles. The number of amides is 1. The summed E-state index contributed by atoms with van der Waals surface area (Å²) in [4.78, 5) is 39.4. The van der Waals surface area contributed by atoms with Gasteiger partial charge in [-0.25, -0.2) is 19.7 Å². The van der Waals surface area contributed by atoms with Gasteiger partial charge in [-0.2, -0.15) is 0 Å². The van der Waals surface area contributed by atoms with Crippen LogP contribution in [0.25, 0.3) is 44.2 Å². The number of carbonyl (C=O) groups is 2. The molecule has 4 heterocycles. The van der Waals surface area contributed by atoms with Crippen molar-refractivity contribution < 1.29 is 27.9 Å². The number of esters is 1. The smallest absolute Gasteiger partial charge is 0.338 e. The van der Waals surface area contributed by atoms with Gasteiger partial charge in [0.05, 0.1) is 46.4 Å². The molecule has 11 heteroatoms. The van der Waals surface area contributed by atoms with Gasteiger partial charge in [0.2, 0.25) is 0 Å². The first-order chi connectivity index (χ1) is 19.0. The molecule has 6 rings (SSSR count). The van der Waals surface area contributed by atoms with E-state index in [2.05, 4.69) is 10.3 Å². The predicted octanol–water partition coefficient (Wildman–Crippen LogP) is 5.95. The van der Waals surface area contributed by atoms with Gasteiger partial charge in [-0.1, -0.05) is 11.3 Å². The highest BCUT2D eigenvalue weighted by atomic mass is 32.1. The van der Waals surface area contributed by atoms with Crippen molar-refractivity contribution in [1.29, 1.82) is 0 Å². The van der Waals surface area contributed by atoms with Gasteiger partial charge in [-0.05, 0) is 67.6 Å². The Kier molecular flexibility index (Phi) is 6.25. The average molecular weight is 541 g/mol. The van der Waals surface area contributed by atoms with Gasteiger partial charge >= 0.3 is 5.97 Å². The number of aromatic nitrogens is 3. The summed E-state index contributed by atoms with van der Waals surface area (Å²) in [5, 5.41) is 3.10. The van der Waals surface area contributed by atoms with Crippen LogP contribution in [0.3, 0.4) is 0 Å². The van der Waals surface area contributed by atoms with Gasteiger partial charge in [0.1, 0.15) is 17.1 Å². The number of carbonyl (C=O) groups excluding carboxylic acids is 2. The summed E-state index contributed by atoms with van der Waals surface area (Å²) in [6.07, 6.45) is 2.02. The summed E-state index contributed by atoms with van der Waals surface area (Å²) in [6.45, 7) is 1.50. The highest BCUT2D eigenvalue weighted by Gasteiger charge is 2.22. The Bertz CT molecular complexity index is 1810. The fourth-order valence-electron chi connectivity index (χ4n) is 3.93. The molecule has 0 fully saturated rings. The molecule has 1 atom stereocenters. The van der Waals surface area contributed by atoms with Crippen molar-refractivity contribution in [1.82, 2.24) is 15.0 Å². The van der Waals surface area contributed by atoms with Crippen LogP contribution in [0.5, 0.6) is 5.75 Å². The third-order valence-electron chi connectivity index (χ3n) is 5.89. The lowest BCUT2D eigenvalue weighted by Gasteiger charge is -2.13. The third-order valence-corrected chi connectivity index (χ3v) is 6.82. The van der Waals surface area contributed by atoms with Crippen molar-refractivity contribution in [3.63, 3.8) is 0 Å². The summed E-state index contributed by atoms with van der Waals surface area (Å²) in [5.41, 5.74) is 2.92. The Balaban J connectivity index is 1.21. The molecule has 1 amide bonds. The van der Waals surface area contributed by atoms with Gasteiger partial charge in [0, 0.05) is 0 Å². The van der Waals surface area contributed by atoms with Crippen molar-refractivity contribution in [3.05, 3.63) is 78.8 Å². The number of ether oxygens (including phenoxy) is 2. The topological polar surface area (TPSA) is 130 Å². The molecule has 0 aliphatic rings. The first kappa shape index (κ1) is 24.3. The standard InChI is InChI=1S/C28H20N4O6S/c1-15(26(33)32-28-31-19-10-8-17(35-2)14-23(19)39-28)38-27(34)16-7-9-18-20(13-16)30-25(22-6-4-12-37-22)24(29-18)21-5-3-11-36-21/h3-15H,1-2H3,(H,31,32,33). The molecule has 1 unspecified atom stereocenters. The molecular weight excluding hydrogens is 520 g/mol. The number of nitrogens with one attached hydrogen (secondary N) is 1. The molecule has 0 radical (unpaired) electrons. The molecule has 0 bridgehead atoms. The van der Waals surface area contributed by atoms with E-state index in [0.29, 0.717) is 44.8 Å². The van der Waals surface area contributed by atoms with Crippen LogP contribution in [0.1, 0.15) is 17.3 Å². The van der Waals surface area contributed by atoms with Crippen LogP contribution in [0.15, 0.2) is 82.0 Å². The van der Waals surface area contributed by atoms with Gasteiger partial charge < -0.3 is 18.3 Å². The van der Waals surface area contributed by atoms with Crippen LogP contribution in [0, 0.1) is 0 Å². The molecule has 0 saturated carbocycles. The van der Waals surface area contributed by atoms with E-state index in [-0.39, 0.29) is 5.56 Å². The zero-order chi connectivity index (χ0) is 26.9. The summed E-state index contributed by atoms with van der Waals surface area (Å²) in [5.74, 6) is 0.553. The SMILES string of the molecule is COc1ccc2nc(NC(=O)C(C)OC(=O)c3ccc4nc(-c5ccco5)c(-c5ccco5)nc4c3)sc2c1. The lowest BCUT2D eigenvalue weighted by atomic mass is 10.1. The van der Waals surface area contributed by atoms with Crippen molar-refractivity contribution >= 4 is 49.6 Å². The molecule has 1 N–H and O–H groups in total. The van der Waals surface area contributed by atoms with Gasteiger partial charge in [-0.3, -0.25) is 10.1 Å². The maximum atomic E-state index is 12.9. The van der Waals surface area contributed by atoms with Crippen molar-refractivity contribution in [2.75, 3.05) is 12.4 Å². The number of methoxy groups -OCH3 is 1. The Labute approximate surface area is 225 Å². The van der Waals surface area contributed by atoms with Crippen LogP contribution >= 0.6 is 11.3 Å². The number of furan rings is 2. The minimum Gasteiger partial charge on any atom is -0.497 e. The number of fused-ring (bicyclic) bond motifs is 2. The van der Waals surface area contributed by atoms with Crippen LogP contribution in [0.2, 0.25) is 0 Å². The highest BCUT2D eigenvalue weighted by Crippen LogP contribution is 2.32. The van der Waals surface area contributed by atoms with Gasteiger partial charge in [-0.15, -0.1) is 0 Å². The van der Waals surface area contributed by atoms with Crippen molar-refractivity contribution in [2.24, 2.45) is 0 Å². The quantitative estimate of drug-likeness (QED) is 0.244. The molecular formula is C28H20N4O6S. The van der Waals surface area contributed by atoms with Crippen LogP contribution in [-0.4, -0.2) is 40.0 Å². The maximum Gasteiger partial charge on any atom is 0.338 e. The Morgan fingerprint density at radius 1 is 0.872 bits per heavy atom. The van der Waals surface area contributed by atoms with Gasteiger partial charge in [0.15, 0.2) is 22.8 Å². The first-order valence-corrected chi connectivity index (χ1v) is 12.7. The number of nitrogens with zero attached hydrogens (tertiary/aromatic N) is 3. The summed E-state index contributed by atoms with van der Waals surface area (Å²) in [7, 11) is 1.58. The molecule has 2 aromatic carbocycles. The largest absolute Gasteiger partial charge is 0.497 e. The second kappa shape index (κ2) is 10.0. The van der Waals surface area contributed by atoms with Crippen LogP contribution in [0.4, 0.5) is 5.13 Å². The second-order valence-corrected chi connectivity index (χ2v) is 9.50. The van der Waals surface area contributed by atoms with Crippen molar-refractivity contribution in [2.45, 2.75) is 13.0 Å². The molecule has 0 aliphatic heterocycles. The van der Waals surface area contributed by atoms with E-state index in [0.717, 1.165) is 10.2 Å². The zero-order valence-electron chi connectivity index (χ0n) is 20.7. The van der Waals surface area contributed by atoms with E-state index in [9.17, 15) is 9.59 Å². The normalized spacial score (nSPS) is 11.9. The molecule has 4 aromatic heterocycles. The number of hydrogen-bond acceptors (Lipinski definition) is 10. The fraction of sp³-hybridized carbons (Fsp3) is 0.107. The van der Waals surface area contributed by atoms with E-state index in [4.69, 9.17) is 28.3 Å². The van der Waals surface area contributed by atoms with E-state index >= 15 is 0 Å². The highest BCUT2D eigenvalue weighted by molar-refractivity contribution is 7.22. The first-order valence-electron chi connectivity index (χ1n) is 11.8. The third kappa shape index (κ3) is 4.82. The number of hydrogen-bond donors (Lipinski definition) is 1. The maximum absolute atomic E-state index is 12.9. The molecule has 194 valence electrons. The van der Waals surface area contributed by atoms with Crippen LogP contribution < -0.4 is 10.1 Å². The van der Waals surface area contributed by atoms with Crippen molar-refractivity contribution in [3.8, 4) is 28.7 Å². The summed E-state index contributed by atoms with van der Waals surface area (Å²) in [6, 6.07) is 17.3. The number of benzene rings is 2. The number of rotatable bonds is 7. The van der Waals surface area contributed by atoms with E-state index < -0.39 is 18.0 Å². The lowest BCUT2D eigenvalue weighted by molar-refractivity contribution is -0.123. The Morgan fingerprint density at radius 3 is 2.23 bits per heavy atom. The monoisotopic (exact) mass is 540 g/mol. The summed E-state index contributed by atoms with van der Waals surface area (Å²) < 4.78 is 22.6. The van der Waals surface area contributed by atoms with E-state index in [1.807, 2.05) is 6.07 Å². The molecule has 10 nitrogen and oxygen atoms in total. The summed E-state index contributed by atoms with van der Waals surface area (Å²) >= 11 is 1.30. The zero-order valence-corrected chi connectivity index (χ0v) is 21.5. The van der Waals surface area contributed by atoms with E-state index in [1.54, 1.807) is 74.2 Å². The minimum atomic E-state index is -1.07. The molecule has 39 heavy (non-hydrogen) atoms. The molecule has 0 aliphatic carbocycles.